The van der Waals surface area contributed by atoms with Crippen molar-refractivity contribution in [3.05, 3.63) is 181 Å². The lowest BCUT2D eigenvalue weighted by atomic mass is 9.97. The smallest absolute Gasteiger partial charge is 0.339 e. The molecule has 6 aromatic rings. The summed E-state index contributed by atoms with van der Waals surface area (Å²) in [5, 5.41) is 34.4. The lowest BCUT2D eigenvalue weighted by Gasteiger charge is -2.14. The first kappa shape index (κ1) is 52.6. The van der Waals surface area contributed by atoms with E-state index >= 15 is 0 Å². The van der Waals surface area contributed by atoms with Gasteiger partial charge in [0.15, 0.2) is 0 Å². The predicted octanol–water partition coefficient (Wildman–Crippen LogP) is 7.04. The van der Waals surface area contributed by atoms with Crippen LogP contribution in [0.25, 0.3) is 32.3 Å². The second-order valence-electron chi connectivity index (χ2n) is 15.0. The van der Waals surface area contributed by atoms with Crippen molar-refractivity contribution < 1.29 is 72.5 Å². The average molecular weight is 929 g/mol. The van der Waals surface area contributed by atoms with Gasteiger partial charge in [-0.2, -0.15) is 0 Å². The van der Waals surface area contributed by atoms with Crippen molar-refractivity contribution in [1.29, 1.82) is 0 Å². The largest absolute Gasteiger partial charge is 0.460 e. The molecule has 6 aromatic carbocycles. The highest BCUT2D eigenvalue weighted by Gasteiger charge is 2.19. The van der Waals surface area contributed by atoms with Gasteiger partial charge in [-0.15, -0.1) is 0 Å². The van der Waals surface area contributed by atoms with Gasteiger partial charge in [0.25, 0.3) is 0 Å². The highest BCUT2D eigenvalue weighted by molar-refractivity contribution is 6.16. The summed E-state index contributed by atoms with van der Waals surface area (Å²) in [6.07, 6.45) is -2.25. The molecule has 0 aromatic heterocycles. The van der Waals surface area contributed by atoms with Crippen LogP contribution in [0.1, 0.15) is 44.9 Å². The van der Waals surface area contributed by atoms with Gasteiger partial charge < -0.3 is 43.7 Å². The van der Waals surface area contributed by atoms with Crippen molar-refractivity contribution in [1.82, 2.24) is 0 Å². The van der Waals surface area contributed by atoms with Crippen molar-refractivity contribution in [3.63, 3.8) is 0 Å². The van der Waals surface area contributed by atoms with E-state index in [2.05, 4.69) is 24.5 Å². The molecule has 0 aliphatic heterocycles. The first-order valence-corrected chi connectivity index (χ1v) is 21.0. The number of rotatable bonds is 18. The molecule has 3 N–H and O–H groups in total. The molecule has 3 atom stereocenters. The van der Waals surface area contributed by atoms with Gasteiger partial charge in [0, 0.05) is 17.2 Å². The molecule has 0 bridgehead atoms. The summed E-state index contributed by atoms with van der Waals surface area (Å²) in [4.78, 5) is 69.5. The van der Waals surface area contributed by atoms with E-state index in [0.717, 1.165) is 38.4 Å². The monoisotopic (exact) mass is 928 g/mol. The van der Waals surface area contributed by atoms with Gasteiger partial charge in [-0.25, -0.2) is 28.8 Å². The third-order valence-corrected chi connectivity index (χ3v) is 9.29. The molecule has 0 fully saturated rings. The number of aliphatic hydroxyl groups excluding tert-OH is 3. The van der Waals surface area contributed by atoms with Gasteiger partial charge >= 0.3 is 35.8 Å². The molecule has 68 heavy (non-hydrogen) atoms. The molecule has 0 heterocycles. The first-order valence-electron chi connectivity index (χ1n) is 21.0. The van der Waals surface area contributed by atoms with E-state index in [9.17, 15) is 44.1 Å². The number of hydrogen-bond acceptors (Lipinski definition) is 15. The zero-order chi connectivity index (χ0) is 49.6. The molecule has 15 nitrogen and oxygen atoms in total. The SMILES string of the molecule is C=C(C)C(=O)OCC(O)COC(=O)c1c2ccccc2cc2ccccc12.C=C(C)C(=O)OCC(O)COC(=O)c1ccccc1.C=CC(=O)OCC(O)COC(=O)c1ccc2ccccc2c1. The maximum absolute atomic E-state index is 12.8. The van der Waals surface area contributed by atoms with Crippen LogP contribution < -0.4 is 0 Å². The van der Waals surface area contributed by atoms with E-state index in [4.69, 9.17) is 23.7 Å². The van der Waals surface area contributed by atoms with E-state index in [-0.39, 0.29) is 50.8 Å². The van der Waals surface area contributed by atoms with E-state index in [1.165, 1.54) is 13.8 Å². The quantitative estimate of drug-likeness (QED) is 0.0341. The Morgan fingerprint density at radius 2 is 0.853 bits per heavy atom. The van der Waals surface area contributed by atoms with Crippen LogP contribution in [0.4, 0.5) is 0 Å². The number of esters is 6. The Morgan fingerprint density at radius 3 is 1.34 bits per heavy atom. The lowest BCUT2D eigenvalue weighted by molar-refractivity contribution is -0.143. The van der Waals surface area contributed by atoms with Crippen molar-refractivity contribution in [3.8, 4) is 0 Å². The molecular formula is C53H52O15. The number of fused-ring (bicyclic) bond motifs is 3. The topological polar surface area (TPSA) is 218 Å². The maximum atomic E-state index is 12.8. The molecule has 354 valence electrons. The minimum atomic E-state index is -1.11. The molecule has 0 saturated heterocycles. The predicted molar refractivity (Wildman–Crippen MR) is 253 cm³/mol. The highest BCUT2D eigenvalue weighted by Crippen LogP contribution is 2.29. The van der Waals surface area contributed by atoms with Gasteiger partial charge in [0.05, 0.1) is 16.7 Å². The van der Waals surface area contributed by atoms with E-state index in [0.29, 0.717) is 16.7 Å². The van der Waals surface area contributed by atoms with Gasteiger partial charge in [0.2, 0.25) is 0 Å². The summed E-state index contributed by atoms with van der Waals surface area (Å²) in [7, 11) is 0. The molecule has 0 saturated carbocycles. The minimum Gasteiger partial charge on any atom is -0.460 e. The molecule has 0 amide bonds. The lowest BCUT2D eigenvalue weighted by Crippen LogP contribution is -2.25. The summed E-state index contributed by atoms with van der Waals surface area (Å²) < 4.78 is 29.4. The molecule has 6 rings (SSSR count). The van der Waals surface area contributed by atoms with Crippen LogP contribution in [0, 0.1) is 0 Å². The normalized spacial score (nSPS) is 11.7. The van der Waals surface area contributed by atoms with Crippen molar-refractivity contribution in [2.75, 3.05) is 39.6 Å². The highest BCUT2D eigenvalue weighted by atomic mass is 16.6. The summed E-state index contributed by atoms with van der Waals surface area (Å²) in [5.41, 5.74) is 1.73. The Hall–Kier alpha value is -7.98. The fourth-order valence-corrected chi connectivity index (χ4v) is 5.85. The van der Waals surface area contributed by atoms with Crippen LogP contribution in [-0.4, -0.2) is 109 Å². The second-order valence-corrected chi connectivity index (χ2v) is 15.0. The van der Waals surface area contributed by atoms with Gasteiger partial charge in [-0.05, 0) is 76.5 Å². The fraction of sp³-hybridized carbons (Fsp3) is 0.208. The Kier molecular flexibility index (Phi) is 20.8. The maximum Gasteiger partial charge on any atom is 0.339 e. The number of ether oxygens (including phenoxy) is 6. The summed E-state index contributed by atoms with van der Waals surface area (Å²) in [5.74, 6) is -3.44. The van der Waals surface area contributed by atoms with Crippen LogP contribution in [-0.2, 0) is 42.8 Å². The third kappa shape index (κ3) is 16.8. The zero-order valence-corrected chi connectivity index (χ0v) is 37.5. The summed E-state index contributed by atoms with van der Waals surface area (Å²) in [6.45, 7) is 11.6. The van der Waals surface area contributed by atoms with E-state index in [1.807, 2.05) is 84.9 Å². The number of benzene rings is 6. The van der Waals surface area contributed by atoms with Crippen molar-refractivity contribution in [2.45, 2.75) is 32.2 Å². The Labute approximate surface area is 392 Å². The third-order valence-electron chi connectivity index (χ3n) is 9.29. The summed E-state index contributed by atoms with van der Waals surface area (Å²) >= 11 is 0. The molecular weight excluding hydrogens is 877 g/mol. The van der Waals surface area contributed by atoms with Crippen LogP contribution >= 0.6 is 0 Å². The van der Waals surface area contributed by atoms with Crippen LogP contribution in [0.15, 0.2) is 164 Å². The van der Waals surface area contributed by atoms with E-state index < -0.39 is 54.1 Å². The van der Waals surface area contributed by atoms with Crippen molar-refractivity contribution in [2.24, 2.45) is 0 Å². The molecule has 0 aliphatic carbocycles. The average Bonchev–Trinajstić information content (AvgIpc) is 3.36. The van der Waals surface area contributed by atoms with Crippen LogP contribution in [0.3, 0.4) is 0 Å². The number of carbonyl (C=O) groups excluding carboxylic acids is 6. The fourth-order valence-electron chi connectivity index (χ4n) is 5.85. The zero-order valence-electron chi connectivity index (χ0n) is 37.5. The molecule has 3 unspecified atom stereocenters. The van der Waals surface area contributed by atoms with Crippen molar-refractivity contribution >= 4 is 68.1 Å². The van der Waals surface area contributed by atoms with Gasteiger partial charge in [-0.3, -0.25) is 0 Å². The Balaban J connectivity index is 0.000000227. The molecule has 0 spiro atoms. The standard InChI is InChI=1S/C22H20O5.C17H16O5.C14H16O5/c1-14(2)21(24)26-12-17(23)13-27-22(25)20-18-9-5-3-7-15(18)11-16-8-4-6-10-19(16)20;1-2-16(19)21-10-15(18)11-22-17(20)14-8-7-12-5-3-4-6-13(12)9-14;1-10(2)13(16)18-8-12(15)9-19-14(17)11-6-4-3-5-7-11/h3-11,17,23H,1,12-13H2,2H3;2-9,15,18H,1,10-11H2;3-7,12,15H,1,8-9H2,2H3. The van der Waals surface area contributed by atoms with Crippen LogP contribution in [0.2, 0.25) is 0 Å². The Bertz CT molecular complexity index is 2690. The molecule has 15 heteroatoms. The van der Waals surface area contributed by atoms with Gasteiger partial charge in [0.1, 0.15) is 58.0 Å². The minimum absolute atomic E-state index is 0.237. The number of carbonyl (C=O) groups is 6. The Morgan fingerprint density at radius 1 is 0.456 bits per heavy atom. The molecule has 0 radical (unpaired) electrons. The summed E-state index contributed by atoms with van der Waals surface area (Å²) in [6, 6.07) is 38.4. The number of aliphatic hydroxyl groups is 3. The first-order chi connectivity index (χ1) is 32.6. The number of hydrogen-bond donors (Lipinski definition) is 3. The van der Waals surface area contributed by atoms with E-state index in [1.54, 1.807) is 42.5 Å². The van der Waals surface area contributed by atoms with Gasteiger partial charge in [-0.1, -0.05) is 117 Å². The second kappa shape index (κ2) is 26.9. The van der Waals surface area contributed by atoms with Crippen LogP contribution in [0.5, 0.6) is 0 Å². The molecule has 0 aliphatic rings.